The molecule has 11 heteroatoms. The molecule has 0 bridgehead atoms. The topological polar surface area (TPSA) is 116 Å². The van der Waals surface area contributed by atoms with Crippen LogP contribution in [0.15, 0.2) is 79.9 Å². The summed E-state index contributed by atoms with van der Waals surface area (Å²) in [5.41, 5.74) is 5.06. The van der Waals surface area contributed by atoms with Gasteiger partial charge in [0.1, 0.15) is 11.6 Å². The van der Waals surface area contributed by atoms with E-state index in [4.69, 9.17) is 9.72 Å². The highest BCUT2D eigenvalue weighted by Crippen LogP contribution is 2.38. The lowest BCUT2D eigenvalue weighted by Gasteiger charge is -2.26. The van der Waals surface area contributed by atoms with Gasteiger partial charge in [-0.15, -0.1) is 0 Å². The van der Waals surface area contributed by atoms with Gasteiger partial charge in [0.25, 0.3) is 0 Å². The summed E-state index contributed by atoms with van der Waals surface area (Å²) in [7, 11) is 7.61. The summed E-state index contributed by atoms with van der Waals surface area (Å²) < 4.78 is 7.76. The number of fused-ring (bicyclic) bond motifs is 1. The number of carbonyl (C=O) groups excluding carboxylic acids is 1. The molecule has 1 amide bonds. The fourth-order valence-corrected chi connectivity index (χ4v) is 4.57. The summed E-state index contributed by atoms with van der Waals surface area (Å²) >= 11 is 0. The first-order chi connectivity index (χ1) is 19.9. The molecule has 0 saturated carbocycles. The van der Waals surface area contributed by atoms with Gasteiger partial charge >= 0.3 is 0 Å². The molecule has 0 fully saturated rings. The summed E-state index contributed by atoms with van der Waals surface area (Å²) in [5, 5.41) is 14.3. The van der Waals surface area contributed by atoms with Crippen molar-refractivity contribution in [2.45, 2.75) is 0 Å². The predicted molar refractivity (Wildman–Crippen MR) is 163 cm³/mol. The van der Waals surface area contributed by atoms with E-state index >= 15 is 0 Å². The van der Waals surface area contributed by atoms with Crippen LogP contribution in [0.5, 0.6) is 5.75 Å². The summed E-state index contributed by atoms with van der Waals surface area (Å²) in [6, 6.07) is 13.7. The van der Waals surface area contributed by atoms with E-state index in [0.29, 0.717) is 28.9 Å². The molecule has 11 nitrogen and oxygen atoms in total. The maximum Gasteiger partial charge on any atom is 0.247 e. The van der Waals surface area contributed by atoms with E-state index in [9.17, 15) is 4.79 Å². The third-order valence-corrected chi connectivity index (χ3v) is 6.71. The quantitative estimate of drug-likeness (QED) is 0.203. The Morgan fingerprint density at radius 2 is 1.98 bits per heavy atom. The van der Waals surface area contributed by atoms with Crippen molar-refractivity contribution in [1.82, 2.24) is 29.6 Å². The maximum absolute atomic E-state index is 12.3. The highest BCUT2D eigenvalue weighted by molar-refractivity contribution is 6.02. The molecule has 0 spiro atoms. The number of ether oxygens (including phenoxy) is 1. The first-order valence-electron chi connectivity index (χ1n) is 13.1. The number of hydrogen-bond donors (Lipinski definition) is 3. The molecular weight excluding hydrogens is 518 g/mol. The van der Waals surface area contributed by atoms with Gasteiger partial charge in [0, 0.05) is 61.3 Å². The molecule has 3 aromatic heterocycles. The maximum atomic E-state index is 12.3. The van der Waals surface area contributed by atoms with E-state index in [1.165, 1.54) is 6.08 Å². The minimum absolute atomic E-state index is 0.311. The van der Waals surface area contributed by atoms with Crippen molar-refractivity contribution in [3.05, 3.63) is 79.9 Å². The fourth-order valence-electron chi connectivity index (χ4n) is 4.57. The lowest BCUT2D eigenvalue weighted by Crippen LogP contribution is -2.29. The molecule has 0 aliphatic rings. The van der Waals surface area contributed by atoms with Gasteiger partial charge in [0.15, 0.2) is 0 Å². The Hall–Kier alpha value is -5.16. The first-order valence-corrected chi connectivity index (χ1v) is 13.1. The lowest BCUT2D eigenvalue weighted by molar-refractivity contribution is -0.111. The van der Waals surface area contributed by atoms with Gasteiger partial charge in [-0.2, -0.15) is 10.1 Å². The molecule has 0 radical (unpaired) electrons. The number of benzene rings is 2. The number of nitrogens with zero attached hydrogens (tertiary/aromatic N) is 6. The average Bonchev–Trinajstić information content (AvgIpc) is 3.64. The Bertz CT molecular complexity index is 1680. The van der Waals surface area contributed by atoms with Gasteiger partial charge in [0.2, 0.25) is 11.9 Å². The van der Waals surface area contributed by atoms with Crippen molar-refractivity contribution < 1.29 is 9.53 Å². The van der Waals surface area contributed by atoms with Crippen LogP contribution in [-0.2, 0) is 4.79 Å². The molecule has 0 unspecified atom stereocenters. The molecule has 0 saturated heterocycles. The molecule has 0 atom stereocenters. The first kappa shape index (κ1) is 27.4. The second-order valence-electron chi connectivity index (χ2n) is 9.77. The monoisotopic (exact) mass is 551 g/mol. The SMILES string of the molecule is C=CC(=O)Nc1cc(Nc2nccc(-n3cc(-c4cn[nH]c4)c4ccccc43)n2)c(OC)cc1N(C)CCN(C)C. The fraction of sp³-hybridized carbons (Fsp3) is 0.200. The number of para-hydroxylation sites is 1. The number of methoxy groups -OCH3 is 1. The van der Waals surface area contributed by atoms with Crippen LogP contribution in [0.1, 0.15) is 0 Å². The molecule has 3 heterocycles. The molecule has 5 rings (SSSR count). The van der Waals surface area contributed by atoms with Gasteiger partial charge in [-0.3, -0.25) is 9.89 Å². The third-order valence-electron chi connectivity index (χ3n) is 6.71. The zero-order chi connectivity index (χ0) is 28.9. The van der Waals surface area contributed by atoms with Gasteiger partial charge in [0.05, 0.1) is 35.9 Å². The van der Waals surface area contributed by atoms with Crippen LogP contribution in [0.3, 0.4) is 0 Å². The van der Waals surface area contributed by atoms with Gasteiger partial charge in [-0.25, -0.2) is 4.98 Å². The number of nitrogens with one attached hydrogen (secondary N) is 3. The standard InChI is InChI=1S/C30H33N9O2/c1-6-29(40)34-23-15-24(27(41-5)16-26(23)38(4)14-13-37(2)3)35-30-31-12-11-28(36-30)39-19-22(20-17-32-33-18-20)21-9-7-8-10-25(21)39/h6-12,15-19H,1,13-14H2,2-5H3,(H,32,33)(H,34,40)(H,31,35,36). The summed E-state index contributed by atoms with van der Waals surface area (Å²) in [4.78, 5) is 25.7. The van der Waals surface area contributed by atoms with Crippen LogP contribution in [0.25, 0.3) is 27.8 Å². The van der Waals surface area contributed by atoms with Crippen LogP contribution in [-0.4, -0.2) is 76.9 Å². The van der Waals surface area contributed by atoms with E-state index in [1.807, 2.05) is 68.4 Å². The molecule has 0 aliphatic heterocycles. The Morgan fingerprint density at radius 3 is 2.71 bits per heavy atom. The van der Waals surface area contributed by atoms with Crippen molar-refractivity contribution in [2.24, 2.45) is 0 Å². The van der Waals surface area contributed by atoms with E-state index < -0.39 is 0 Å². The van der Waals surface area contributed by atoms with Crippen molar-refractivity contribution in [1.29, 1.82) is 0 Å². The van der Waals surface area contributed by atoms with Gasteiger partial charge < -0.3 is 29.7 Å². The minimum atomic E-state index is -0.311. The third kappa shape index (κ3) is 5.89. The smallest absolute Gasteiger partial charge is 0.247 e. The molecular formula is C30H33N9O2. The van der Waals surface area contributed by atoms with Crippen LogP contribution >= 0.6 is 0 Å². The van der Waals surface area contributed by atoms with Crippen molar-refractivity contribution in [3.8, 4) is 22.7 Å². The van der Waals surface area contributed by atoms with Gasteiger partial charge in [-0.05, 0) is 38.4 Å². The van der Waals surface area contributed by atoms with Crippen LogP contribution in [0.2, 0.25) is 0 Å². The van der Waals surface area contributed by atoms with Crippen LogP contribution in [0.4, 0.5) is 23.0 Å². The molecule has 2 aromatic carbocycles. The Labute approximate surface area is 238 Å². The molecule has 0 aliphatic carbocycles. The van der Waals surface area contributed by atoms with Crippen molar-refractivity contribution in [3.63, 3.8) is 0 Å². The second-order valence-corrected chi connectivity index (χ2v) is 9.77. The van der Waals surface area contributed by atoms with E-state index in [1.54, 1.807) is 19.5 Å². The molecule has 41 heavy (non-hydrogen) atoms. The zero-order valence-electron chi connectivity index (χ0n) is 23.5. The number of aromatic amines is 1. The zero-order valence-corrected chi connectivity index (χ0v) is 23.5. The summed E-state index contributed by atoms with van der Waals surface area (Å²) in [5.74, 6) is 1.33. The van der Waals surface area contributed by atoms with E-state index in [0.717, 1.165) is 40.8 Å². The van der Waals surface area contributed by atoms with Crippen LogP contribution in [0, 0.1) is 0 Å². The highest BCUT2D eigenvalue weighted by Gasteiger charge is 2.18. The van der Waals surface area contributed by atoms with Crippen molar-refractivity contribution >= 4 is 39.8 Å². The Morgan fingerprint density at radius 1 is 1.15 bits per heavy atom. The normalized spacial score (nSPS) is 11.0. The van der Waals surface area contributed by atoms with E-state index in [-0.39, 0.29) is 5.91 Å². The Balaban J connectivity index is 1.52. The minimum Gasteiger partial charge on any atom is -0.494 e. The lowest BCUT2D eigenvalue weighted by atomic mass is 10.1. The van der Waals surface area contributed by atoms with Gasteiger partial charge in [-0.1, -0.05) is 24.8 Å². The van der Waals surface area contributed by atoms with Crippen molar-refractivity contribution in [2.75, 3.05) is 56.9 Å². The second kappa shape index (κ2) is 11.9. The largest absolute Gasteiger partial charge is 0.494 e. The number of H-pyrrole nitrogens is 1. The number of amides is 1. The number of likely N-dealkylation sites (N-methyl/N-ethyl adjacent to an activating group) is 2. The number of aromatic nitrogens is 5. The molecule has 5 aromatic rings. The molecule has 210 valence electrons. The van der Waals surface area contributed by atoms with Crippen LogP contribution < -0.4 is 20.3 Å². The number of anilines is 4. The summed E-state index contributed by atoms with van der Waals surface area (Å²) in [6.07, 6.45) is 8.66. The highest BCUT2D eigenvalue weighted by atomic mass is 16.5. The number of hydrogen-bond acceptors (Lipinski definition) is 8. The predicted octanol–water partition coefficient (Wildman–Crippen LogP) is 4.69. The Kier molecular flexibility index (Phi) is 7.97. The molecule has 3 N–H and O–H groups in total. The summed E-state index contributed by atoms with van der Waals surface area (Å²) in [6.45, 7) is 5.18. The average molecular weight is 552 g/mol. The van der Waals surface area contributed by atoms with E-state index in [2.05, 4.69) is 54.3 Å². The number of carbonyl (C=O) groups is 1. The number of rotatable bonds is 11.